The van der Waals surface area contributed by atoms with Crippen LogP contribution in [0.1, 0.15) is 34.6 Å². The zero-order valence-corrected chi connectivity index (χ0v) is 12.1. The summed E-state index contributed by atoms with van der Waals surface area (Å²) in [6, 6.07) is 0. The van der Waals surface area contributed by atoms with Gasteiger partial charge in [-0.15, -0.1) is 0 Å². The molecule has 2 nitrogen and oxygen atoms in total. The second-order valence-electron chi connectivity index (χ2n) is 6.32. The Hall–Kier alpha value is -0.340. The molecular formula is C14H30N2. The van der Waals surface area contributed by atoms with E-state index in [1.165, 1.54) is 5.57 Å². The van der Waals surface area contributed by atoms with E-state index in [0.717, 1.165) is 32.1 Å². The lowest BCUT2D eigenvalue weighted by Gasteiger charge is -2.31. The van der Waals surface area contributed by atoms with Crippen LogP contribution in [0, 0.1) is 11.3 Å². The predicted molar refractivity (Wildman–Crippen MR) is 73.8 cm³/mol. The van der Waals surface area contributed by atoms with Crippen LogP contribution in [0.5, 0.6) is 0 Å². The van der Waals surface area contributed by atoms with Gasteiger partial charge in [-0.05, 0) is 31.8 Å². The third kappa shape index (κ3) is 8.93. The fourth-order valence-corrected chi connectivity index (χ4v) is 2.00. The second-order valence-corrected chi connectivity index (χ2v) is 6.32. The highest BCUT2D eigenvalue weighted by Crippen LogP contribution is 2.15. The van der Waals surface area contributed by atoms with Crippen molar-refractivity contribution in [1.29, 1.82) is 0 Å². The number of rotatable bonds is 8. The quantitative estimate of drug-likeness (QED) is 0.640. The third-order valence-corrected chi connectivity index (χ3v) is 2.39. The van der Waals surface area contributed by atoms with Crippen LogP contribution in [-0.4, -0.2) is 38.1 Å². The van der Waals surface area contributed by atoms with Crippen molar-refractivity contribution in [2.45, 2.75) is 34.6 Å². The molecule has 96 valence electrons. The van der Waals surface area contributed by atoms with Crippen molar-refractivity contribution in [1.82, 2.24) is 10.2 Å². The molecule has 0 saturated heterocycles. The van der Waals surface area contributed by atoms with Gasteiger partial charge >= 0.3 is 0 Å². The Morgan fingerprint density at radius 1 is 1.38 bits per heavy atom. The van der Waals surface area contributed by atoms with Gasteiger partial charge in [0.05, 0.1) is 0 Å². The molecule has 0 bridgehead atoms. The summed E-state index contributed by atoms with van der Waals surface area (Å²) in [6.45, 7) is 19.4. The van der Waals surface area contributed by atoms with Gasteiger partial charge in [-0.2, -0.15) is 0 Å². The van der Waals surface area contributed by atoms with Gasteiger partial charge in [0.2, 0.25) is 0 Å². The summed E-state index contributed by atoms with van der Waals surface area (Å²) in [6.07, 6.45) is 0. The first-order valence-electron chi connectivity index (χ1n) is 6.26. The minimum Gasteiger partial charge on any atom is -0.316 e. The Morgan fingerprint density at radius 3 is 2.38 bits per heavy atom. The van der Waals surface area contributed by atoms with Crippen LogP contribution in [0.2, 0.25) is 0 Å². The molecular weight excluding hydrogens is 196 g/mol. The van der Waals surface area contributed by atoms with Gasteiger partial charge in [0.1, 0.15) is 0 Å². The van der Waals surface area contributed by atoms with Gasteiger partial charge in [0.15, 0.2) is 0 Å². The summed E-state index contributed by atoms with van der Waals surface area (Å²) in [5, 5.41) is 3.53. The first-order valence-corrected chi connectivity index (χ1v) is 6.26. The van der Waals surface area contributed by atoms with E-state index in [1.54, 1.807) is 0 Å². The molecule has 0 aromatic carbocycles. The van der Waals surface area contributed by atoms with Gasteiger partial charge < -0.3 is 10.2 Å². The molecule has 0 aliphatic rings. The van der Waals surface area contributed by atoms with E-state index in [4.69, 9.17) is 0 Å². The zero-order valence-electron chi connectivity index (χ0n) is 12.1. The molecule has 0 aromatic rings. The Balaban J connectivity index is 3.88. The summed E-state index contributed by atoms with van der Waals surface area (Å²) >= 11 is 0. The van der Waals surface area contributed by atoms with Gasteiger partial charge in [-0.25, -0.2) is 0 Å². The van der Waals surface area contributed by atoms with Crippen molar-refractivity contribution < 1.29 is 0 Å². The predicted octanol–water partition coefficient (Wildman–Crippen LogP) is 2.77. The molecule has 0 fully saturated rings. The lowest BCUT2D eigenvalue weighted by molar-refractivity contribution is 0.213. The maximum atomic E-state index is 3.95. The SMILES string of the molecule is C=C(C)CN(C)CC(C)(C)CNCC(C)C. The Bertz CT molecular complexity index is 207. The molecule has 0 amide bonds. The van der Waals surface area contributed by atoms with Crippen molar-refractivity contribution in [3.63, 3.8) is 0 Å². The molecule has 0 aliphatic heterocycles. The van der Waals surface area contributed by atoms with Crippen LogP contribution >= 0.6 is 0 Å². The van der Waals surface area contributed by atoms with E-state index < -0.39 is 0 Å². The van der Waals surface area contributed by atoms with Crippen LogP contribution in [0.15, 0.2) is 12.2 Å². The van der Waals surface area contributed by atoms with Gasteiger partial charge in [-0.3, -0.25) is 0 Å². The fourth-order valence-electron chi connectivity index (χ4n) is 2.00. The minimum atomic E-state index is 0.319. The van der Waals surface area contributed by atoms with Crippen LogP contribution in [0.4, 0.5) is 0 Å². The number of nitrogens with zero attached hydrogens (tertiary/aromatic N) is 1. The summed E-state index contributed by atoms with van der Waals surface area (Å²) < 4.78 is 0. The number of hydrogen-bond donors (Lipinski definition) is 1. The molecule has 0 unspecified atom stereocenters. The minimum absolute atomic E-state index is 0.319. The first kappa shape index (κ1) is 15.7. The van der Waals surface area contributed by atoms with Crippen molar-refractivity contribution >= 4 is 0 Å². The number of likely N-dealkylation sites (N-methyl/N-ethyl adjacent to an activating group) is 1. The van der Waals surface area contributed by atoms with Crippen LogP contribution in [0.3, 0.4) is 0 Å². The lowest BCUT2D eigenvalue weighted by atomic mass is 9.92. The smallest absolute Gasteiger partial charge is 0.0184 e. The Kier molecular flexibility index (Phi) is 6.93. The molecule has 0 saturated carbocycles. The molecule has 0 atom stereocenters. The largest absolute Gasteiger partial charge is 0.316 e. The van der Waals surface area contributed by atoms with Crippen molar-refractivity contribution in [2.24, 2.45) is 11.3 Å². The molecule has 0 spiro atoms. The summed E-state index contributed by atoms with van der Waals surface area (Å²) in [4.78, 5) is 2.35. The highest BCUT2D eigenvalue weighted by atomic mass is 15.1. The highest BCUT2D eigenvalue weighted by molar-refractivity contribution is 4.92. The van der Waals surface area contributed by atoms with Gasteiger partial charge in [0, 0.05) is 19.6 Å². The van der Waals surface area contributed by atoms with Crippen LogP contribution < -0.4 is 5.32 Å². The van der Waals surface area contributed by atoms with E-state index in [1.807, 2.05) is 0 Å². The number of hydrogen-bond acceptors (Lipinski definition) is 2. The zero-order chi connectivity index (χ0) is 12.8. The second kappa shape index (κ2) is 7.08. The van der Waals surface area contributed by atoms with E-state index >= 15 is 0 Å². The molecule has 16 heavy (non-hydrogen) atoms. The lowest BCUT2D eigenvalue weighted by Crippen LogP contribution is -2.40. The molecule has 0 aromatic heterocycles. The topological polar surface area (TPSA) is 15.3 Å². The Morgan fingerprint density at radius 2 is 1.94 bits per heavy atom. The number of nitrogens with one attached hydrogen (secondary N) is 1. The Labute approximate surface area is 102 Å². The monoisotopic (exact) mass is 226 g/mol. The summed E-state index contributed by atoms with van der Waals surface area (Å²) in [5.74, 6) is 0.726. The molecule has 1 N–H and O–H groups in total. The molecule has 0 radical (unpaired) electrons. The van der Waals surface area contributed by atoms with Crippen molar-refractivity contribution in [3.05, 3.63) is 12.2 Å². The maximum Gasteiger partial charge on any atom is 0.0184 e. The van der Waals surface area contributed by atoms with E-state index in [-0.39, 0.29) is 0 Å². The van der Waals surface area contributed by atoms with E-state index in [2.05, 4.69) is 58.5 Å². The van der Waals surface area contributed by atoms with E-state index in [9.17, 15) is 0 Å². The molecule has 0 heterocycles. The standard InChI is InChI=1S/C14H30N2/c1-12(2)8-15-10-14(5,6)11-16(7)9-13(3)4/h12,15H,3,8-11H2,1-2,4-7H3. The fraction of sp³-hybridized carbons (Fsp3) is 0.857. The normalized spacial score (nSPS) is 12.5. The van der Waals surface area contributed by atoms with E-state index in [0.29, 0.717) is 5.41 Å². The van der Waals surface area contributed by atoms with Crippen LogP contribution in [0.25, 0.3) is 0 Å². The maximum absolute atomic E-state index is 3.95. The summed E-state index contributed by atoms with van der Waals surface area (Å²) in [5.41, 5.74) is 1.55. The van der Waals surface area contributed by atoms with Crippen molar-refractivity contribution in [3.8, 4) is 0 Å². The molecule has 0 aliphatic carbocycles. The van der Waals surface area contributed by atoms with Gasteiger partial charge in [0.25, 0.3) is 0 Å². The molecule has 2 heteroatoms. The molecule has 0 rings (SSSR count). The average Bonchev–Trinajstić information content (AvgIpc) is 1.98. The highest BCUT2D eigenvalue weighted by Gasteiger charge is 2.19. The third-order valence-electron chi connectivity index (χ3n) is 2.39. The first-order chi connectivity index (χ1) is 7.23. The summed E-state index contributed by atoms with van der Waals surface area (Å²) in [7, 11) is 2.17. The van der Waals surface area contributed by atoms with Crippen molar-refractivity contribution in [2.75, 3.05) is 33.2 Å². The average molecular weight is 226 g/mol. The van der Waals surface area contributed by atoms with Gasteiger partial charge in [-0.1, -0.05) is 39.8 Å². The van der Waals surface area contributed by atoms with Crippen LogP contribution in [-0.2, 0) is 0 Å².